The van der Waals surface area contributed by atoms with Crippen molar-refractivity contribution in [1.29, 1.82) is 0 Å². The van der Waals surface area contributed by atoms with Crippen molar-refractivity contribution in [2.75, 3.05) is 12.9 Å². The Balaban J connectivity index is 2.85. The topological polar surface area (TPSA) is 134 Å². The molecule has 4 N–H and O–H groups in total. The van der Waals surface area contributed by atoms with Crippen molar-refractivity contribution >= 4 is 10.1 Å². The van der Waals surface area contributed by atoms with Crippen molar-refractivity contribution in [2.24, 2.45) is 0 Å². The molecule has 0 spiro atoms. The smallest absolute Gasteiger partial charge is 0.264 e. The zero-order valence-electron chi connectivity index (χ0n) is 8.42. The Morgan fingerprint density at radius 1 is 1.25 bits per heavy atom. The highest BCUT2D eigenvalue weighted by Crippen LogP contribution is 2.23. The molecule has 9 heteroatoms. The Bertz CT molecular complexity index is 327. The summed E-state index contributed by atoms with van der Waals surface area (Å²) in [4.78, 5) is 0. The molecular weight excluding hydrogens is 244 g/mol. The Morgan fingerprint density at radius 3 is 2.25 bits per heavy atom. The number of hydrogen-bond acceptors (Lipinski definition) is 8. The lowest BCUT2D eigenvalue weighted by Gasteiger charge is -2.39. The highest BCUT2D eigenvalue weighted by molar-refractivity contribution is 7.86. The summed E-state index contributed by atoms with van der Waals surface area (Å²) >= 11 is 0. The lowest BCUT2D eigenvalue weighted by Crippen LogP contribution is -2.59. The van der Waals surface area contributed by atoms with Crippen molar-refractivity contribution < 1.29 is 37.8 Å². The van der Waals surface area contributed by atoms with Crippen LogP contribution in [0, 0.1) is 0 Å². The molecule has 1 aliphatic rings. The Morgan fingerprint density at radius 2 is 1.81 bits per heavy atom. The van der Waals surface area contributed by atoms with Crippen molar-refractivity contribution in [3.05, 3.63) is 0 Å². The van der Waals surface area contributed by atoms with Gasteiger partial charge in [0.1, 0.15) is 24.4 Å². The van der Waals surface area contributed by atoms with E-state index in [1.807, 2.05) is 0 Å². The fourth-order valence-electron chi connectivity index (χ4n) is 1.38. The molecule has 0 aromatic rings. The fraction of sp³-hybridized carbons (Fsp3) is 1.00. The maximum Gasteiger partial charge on any atom is 0.264 e. The maximum absolute atomic E-state index is 10.9. The normalized spacial score (nSPS) is 40.9. The van der Waals surface area contributed by atoms with Crippen molar-refractivity contribution in [3.8, 4) is 0 Å². The van der Waals surface area contributed by atoms with Crippen molar-refractivity contribution in [1.82, 2.24) is 0 Å². The summed E-state index contributed by atoms with van der Waals surface area (Å²) in [5.41, 5.74) is 0. The number of aliphatic hydroxyl groups is 4. The Hall–Kier alpha value is -0.290. The van der Waals surface area contributed by atoms with E-state index in [1.54, 1.807) is 0 Å². The molecule has 0 aromatic carbocycles. The van der Waals surface area contributed by atoms with Crippen molar-refractivity contribution in [3.63, 3.8) is 0 Å². The third-order valence-electron chi connectivity index (χ3n) is 2.13. The first kappa shape index (κ1) is 13.8. The number of aliphatic hydroxyl groups excluding tert-OH is 4. The SMILES string of the molecule is CS(=O)(=O)O[C@H]1[C@@H](O)[C@H](CO)O[C@H](O)[C@@H]1O. The monoisotopic (exact) mass is 258 g/mol. The molecule has 0 amide bonds. The van der Waals surface area contributed by atoms with Gasteiger partial charge in [0, 0.05) is 0 Å². The van der Waals surface area contributed by atoms with Gasteiger partial charge in [-0.05, 0) is 0 Å². The van der Waals surface area contributed by atoms with Crippen LogP contribution < -0.4 is 0 Å². The van der Waals surface area contributed by atoms with Crippen LogP contribution in [0.1, 0.15) is 0 Å². The standard InChI is InChI=1S/C7H14O8S/c1-16(12,13)15-6-4(9)3(2-8)14-7(11)5(6)10/h3-11H,2H2,1H3/t3-,4-,5+,6-,7-/m0/s1. The van der Waals surface area contributed by atoms with Crippen LogP contribution in [-0.4, -0.2) is 72.4 Å². The van der Waals surface area contributed by atoms with Gasteiger partial charge < -0.3 is 25.2 Å². The van der Waals surface area contributed by atoms with Crippen LogP contribution in [0.5, 0.6) is 0 Å². The lowest BCUT2D eigenvalue weighted by atomic mass is 9.99. The summed E-state index contributed by atoms with van der Waals surface area (Å²) in [6, 6.07) is 0. The van der Waals surface area contributed by atoms with E-state index in [9.17, 15) is 23.7 Å². The van der Waals surface area contributed by atoms with Gasteiger partial charge in [-0.15, -0.1) is 0 Å². The first-order chi connectivity index (χ1) is 7.26. The van der Waals surface area contributed by atoms with Gasteiger partial charge >= 0.3 is 0 Å². The highest BCUT2D eigenvalue weighted by Gasteiger charge is 2.46. The molecule has 96 valence electrons. The predicted octanol–water partition coefficient (Wildman–Crippen LogP) is -3.24. The fourth-order valence-corrected chi connectivity index (χ4v) is 2.01. The van der Waals surface area contributed by atoms with Gasteiger partial charge in [0.25, 0.3) is 10.1 Å². The molecule has 1 heterocycles. The zero-order valence-corrected chi connectivity index (χ0v) is 9.24. The third-order valence-corrected chi connectivity index (χ3v) is 2.70. The van der Waals surface area contributed by atoms with Crippen LogP contribution in [0.25, 0.3) is 0 Å². The van der Waals surface area contributed by atoms with Crippen LogP contribution in [0.2, 0.25) is 0 Å². The van der Waals surface area contributed by atoms with E-state index in [2.05, 4.69) is 8.92 Å². The van der Waals surface area contributed by atoms with Gasteiger partial charge in [0.05, 0.1) is 12.9 Å². The second-order valence-corrected chi connectivity index (χ2v) is 5.09. The molecule has 1 rings (SSSR count). The summed E-state index contributed by atoms with van der Waals surface area (Å²) < 4.78 is 30.8. The van der Waals surface area contributed by atoms with Crippen LogP contribution in [0.4, 0.5) is 0 Å². The minimum atomic E-state index is -3.91. The molecule has 0 aliphatic carbocycles. The van der Waals surface area contributed by atoms with Gasteiger partial charge in [0.15, 0.2) is 6.29 Å². The van der Waals surface area contributed by atoms with Gasteiger partial charge in [0.2, 0.25) is 0 Å². The summed E-state index contributed by atoms with van der Waals surface area (Å²) in [5, 5.41) is 36.9. The second-order valence-electron chi connectivity index (χ2n) is 3.49. The molecule has 1 aliphatic heterocycles. The van der Waals surface area contributed by atoms with E-state index in [1.165, 1.54) is 0 Å². The van der Waals surface area contributed by atoms with E-state index in [0.29, 0.717) is 0 Å². The van der Waals surface area contributed by atoms with Crippen LogP contribution >= 0.6 is 0 Å². The Kier molecular flexibility index (Phi) is 4.23. The average Bonchev–Trinajstić information content (AvgIpc) is 2.17. The zero-order chi connectivity index (χ0) is 12.5. The molecule has 1 saturated heterocycles. The van der Waals surface area contributed by atoms with Crippen LogP contribution in [0.15, 0.2) is 0 Å². The molecule has 5 atom stereocenters. The molecule has 0 bridgehead atoms. The molecule has 0 radical (unpaired) electrons. The van der Waals surface area contributed by atoms with Crippen LogP contribution in [-0.2, 0) is 19.0 Å². The van der Waals surface area contributed by atoms with E-state index in [0.717, 1.165) is 6.26 Å². The molecule has 0 aromatic heterocycles. The minimum absolute atomic E-state index is 0.644. The van der Waals surface area contributed by atoms with E-state index in [-0.39, 0.29) is 0 Å². The van der Waals surface area contributed by atoms with E-state index < -0.39 is 47.4 Å². The van der Waals surface area contributed by atoms with Crippen LogP contribution in [0.3, 0.4) is 0 Å². The van der Waals surface area contributed by atoms with E-state index in [4.69, 9.17) is 5.11 Å². The van der Waals surface area contributed by atoms with Gasteiger partial charge in [-0.2, -0.15) is 8.42 Å². The molecular formula is C7H14O8S. The molecule has 16 heavy (non-hydrogen) atoms. The average molecular weight is 258 g/mol. The maximum atomic E-state index is 10.9. The summed E-state index contributed by atoms with van der Waals surface area (Å²) in [5.74, 6) is 0. The second kappa shape index (κ2) is 4.92. The third kappa shape index (κ3) is 3.10. The molecule has 0 unspecified atom stereocenters. The quantitative estimate of drug-likeness (QED) is 0.388. The largest absolute Gasteiger partial charge is 0.394 e. The van der Waals surface area contributed by atoms with Gasteiger partial charge in [-0.1, -0.05) is 0 Å². The lowest BCUT2D eigenvalue weighted by molar-refractivity contribution is -0.281. The van der Waals surface area contributed by atoms with Crippen molar-refractivity contribution in [2.45, 2.75) is 30.7 Å². The van der Waals surface area contributed by atoms with Gasteiger partial charge in [-0.3, -0.25) is 4.18 Å². The highest BCUT2D eigenvalue weighted by atomic mass is 32.2. The first-order valence-electron chi connectivity index (χ1n) is 4.45. The minimum Gasteiger partial charge on any atom is -0.394 e. The first-order valence-corrected chi connectivity index (χ1v) is 6.26. The molecule has 1 fully saturated rings. The number of hydrogen-bond donors (Lipinski definition) is 4. The van der Waals surface area contributed by atoms with E-state index >= 15 is 0 Å². The van der Waals surface area contributed by atoms with Gasteiger partial charge in [-0.25, -0.2) is 0 Å². The molecule has 0 saturated carbocycles. The number of rotatable bonds is 3. The Labute approximate surface area is 92.2 Å². The summed E-state index contributed by atoms with van der Waals surface area (Å²) in [7, 11) is -3.91. The predicted molar refractivity (Wildman–Crippen MR) is 49.7 cm³/mol. The summed E-state index contributed by atoms with van der Waals surface area (Å²) in [6.07, 6.45) is -7.05. The summed E-state index contributed by atoms with van der Waals surface area (Å²) in [6.45, 7) is -0.644. The number of ether oxygens (including phenoxy) is 1. The molecule has 8 nitrogen and oxygen atoms in total.